The van der Waals surface area contributed by atoms with E-state index in [0.717, 1.165) is 13.0 Å². The molecule has 1 fully saturated rings. The van der Waals surface area contributed by atoms with Gasteiger partial charge in [-0.3, -0.25) is 4.79 Å². The Morgan fingerprint density at radius 1 is 1.77 bits per heavy atom. The smallest absolute Gasteiger partial charge is 0.221 e. The van der Waals surface area contributed by atoms with Gasteiger partial charge in [0.25, 0.3) is 0 Å². The summed E-state index contributed by atoms with van der Waals surface area (Å²) in [6.45, 7) is 3.57. The Balaban J connectivity index is 2.25. The van der Waals surface area contributed by atoms with Crippen LogP contribution in [0.1, 0.15) is 19.8 Å². The minimum absolute atomic E-state index is 0.143. The zero-order valence-corrected chi connectivity index (χ0v) is 8.30. The van der Waals surface area contributed by atoms with Gasteiger partial charge in [-0.05, 0) is 6.42 Å². The molecule has 0 aliphatic carbocycles. The van der Waals surface area contributed by atoms with Gasteiger partial charge in [-0.25, -0.2) is 0 Å². The Labute approximate surface area is 79.0 Å². The molecule has 1 saturated heterocycles. The number of rotatable bonds is 5. The molecule has 0 radical (unpaired) electrons. The number of hydrogen-bond donors (Lipinski definition) is 2. The summed E-state index contributed by atoms with van der Waals surface area (Å²) in [5.41, 5.74) is 0. The molecule has 0 saturated carbocycles. The summed E-state index contributed by atoms with van der Waals surface area (Å²) in [6.07, 6.45) is 1.62. The number of methoxy groups -OCH3 is 1. The molecule has 1 aliphatic rings. The summed E-state index contributed by atoms with van der Waals surface area (Å²) in [5.74, 6) is 0.143. The van der Waals surface area contributed by atoms with Crippen molar-refractivity contribution in [2.24, 2.45) is 0 Å². The van der Waals surface area contributed by atoms with Crippen LogP contribution in [0.5, 0.6) is 0 Å². The molecule has 13 heavy (non-hydrogen) atoms. The Bertz CT molecular complexity index is 173. The predicted octanol–water partition coefficient (Wildman–Crippen LogP) is -0.110. The standard InChI is InChI=1S/C9H18N2O2/c1-3-7(6-13-2)11-8-4-9(12)10-5-8/h7-8,11H,3-6H2,1-2H3,(H,10,12). The van der Waals surface area contributed by atoms with E-state index in [2.05, 4.69) is 17.6 Å². The van der Waals surface area contributed by atoms with E-state index in [9.17, 15) is 4.79 Å². The molecule has 1 amide bonds. The molecule has 2 unspecified atom stereocenters. The average Bonchev–Trinajstić information content (AvgIpc) is 2.50. The summed E-state index contributed by atoms with van der Waals surface area (Å²) < 4.78 is 5.06. The van der Waals surface area contributed by atoms with Crippen LogP contribution in [0.25, 0.3) is 0 Å². The molecule has 76 valence electrons. The maximum absolute atomic E-state index is 10.9. The second kappa shape index (κ2) is 5.19. The van der Waals surface area contributed by atoms with Crippen molar-refractivity contribution in [3.8, 4) is 0 Å². The molecule has 0 bridgehead atoms. The summed E-state index contributed by atoms with van der Waals surface area (Å²) in [7, 11) is 1.70. The van der Waals surface area contributed by atoms with E-state index in [1.165, 1.54) is 0 Å². The normalized spacial score (nSPS) is 24.5. The Morgan fingerprint density at radius 3 is 3.00 bits per heavy atom. The number of amides is 1. The van der Waals surface area contributed by atoms with Crippen molar-refractivity contribution in [3.63, 3.8) is 0 Å². The topological polar surface area (TPSA) is 50.4 Å². The molecule has 0 aromatic rings. The highest BCUT2D eigenvalue weighted by Crippen LogP contribution is 2.02. The first-order valence-corrected chi connectivity index (χ1v) is 4.78. The van der Waals surface area contributed by atoms with E-state index in [1.54, 1.807) is 7.11 Å². The first-order valence-electron chi connectivity index (χ1n) is 4.78. The van der Waals surface area contributed by atoms with Gasteiger partial charge in [0, 0.05) is 32.2 Å². The fourth-order valence-corrected chi connectivity index (χ4v) is 1.54. The molecular weight excluding hydrogens is 168 g/mol. The highest BCUT2D eigenvalue weighted by Gasteiger charge is 2.22. The minimum Gasteiger partial charge on any atom is -0.383 e. The van der Waals surface area contributed by atoms with Gasteiger partial charge in [-0.2, -0.15) is 0 Å². The third-order valence-corrected chi connectivity index (χ3v) is 2.31. The second-order valence-corrected chi connectivity index (χ2v) is 3.43. The van der Waals surface area contributed by atoms with Gasteiger partial charge < -0.3 is 15.4 Å². The molecular formula is C9H18N2O2. The van der Waals surface area contributed by atoms with Crippen molar-refractivity contribution in [3.05, 3.63) is 0 Å². The average molecular weight is 186 g/mol. The van der Waals surface area contributed by atoms with Gasteiger partial charge in [0.2, 0.25) is 5.91 Å². The highest BCUT2D eigenvalue weighted by molar-refractivity contribution is 5.78. The van der Waals surface area contributed by atoms with Gasteiger partial charge >= 0.3 is 0 Å². The van der Waals surface area contributed by atoms with E-state index in [-0.39, 0.29) is 11.9 Å². The van der Waals surface area contributed by atoms with Crippen LogP contribution in [0.15, 0.2) is 0 Å². The van der Waals surface area contributed by atoms with Gasteiger partial charge in [-0.15, -0.1) is 0 Å². The highest BCUT2D eigenvalue weighted by atomic mass is 16.5. The van der Waals surface area contributed by atoms with Crippen LogP contribution < -0.4 is 10.6 Å². The Kier molecular flexibility index (Phi) is 4.18. The van der Waals surface area contributed by atoms with Crippen LogP contribution in [0.3, 0.4) is 0 Å². The van der Waals surface area contributed by atoms with Crippen LogP contribution in [0.4, 0.5) is 0 Å². The number of nitrogens with one attached hydrogen (secondary N) is 2. The lowest BCUT2D eigenvalue weighted by Crippen LogP contribution is -2.41. The van der Waals surface area contributed by atoms with E-state index in [1.807, 2.05) is 0 Å². The maximum Gasteiger partial charge on any atom is 0.221 e. The van der Waals surface area contributed by atoms with Crippen molar-refractivity contribution >= 4 is 5.91 Å². The van der Waals surface area contributed by atoms with Crippen molar-refractivity contribution in [1.82, 2.24) is 10.6 Å². The molecule has 1 aliphatic heterocycles. The largest absolute Gasteiger partial charge is 0.383 e. The third kappa shape index (κ3) is 3.32. The first kappa shape index (κ1) is 10.5. The lowest BCUT2D eigenvalue weighted by molar-refractivity contribution is -0.119. The molecule has 0 aromatic carbocycles. The van der Waals surface area contributed by atoms with Gasteiger partial charge in [0.05, 0.1) is 6.61 Å². The number of ether oxygens (including phenoxy) is 1. The molecule has 2 atom stereocenters. The fraction of sp³-hybridized carbons (Fsp3) is 0.889. The summed E-state index contributed by atoms with van der Waals surface area (Å²) in [6, 6.07) is 0.648. The van der Waals surface area contributed by atoms with Crippen molar-refractivity contribution in [1.29, 1.82) is 0 Å². The molecule has 4 heteroatoms. The number of hydrogen-bond acceptors (Lipinski definition) is 3. The van der Waals surface area contributed by atoms with Crippen molar-refractivity contribution in [2.75, 3.05) is 20.3 Å². The van der Waals surface area contributed by atoms with E-state index >= 15 is 0 Å². The van der Waals surface area contributed by atoms with Crippen molar-refractivity contribution in [2.45, 2.75) is 31.8 Å². The lowest BCUT2D eigenvalue weighted by atomic mass is 10.2. The first-order chi connectivity index (χ1) is 6.26. The predicted molar refractivity (Wildman–Crippen MR) is 50.5 cm³/mol. The van der Waals surface area contributed by atoms with Gasteiger partial charge in [0.1, 0.15) is 0 Å². The SMILES string of the molecule is CCC(COC)NC1CNC(=O)C1. The van der Waals surface area contributed by atoms with Gasteiger partial charge in [-0.1, -0.05) is 6.92 Å². The summed E-state index contributed by atoms with van der Waals surface area (Å²) >= 11 is 0. The Morgan fingerprint density at radius 2 is 2.54 bits per heavy atom. The quantitative estimate of drug-likeness (QED) is 0.630. The molecule has 0 spiro atoms. The van der Waals surface area contributed by atoms with Crippen LogP contribution >= 0.6 is 0 Å². The zero-order valence-electron chi connectivity index (χ0n) is 8.30. The fourth-order valence-electron chi connectivity index (χ4n) is 1.54. The summed E-state index contributed by atoms with van der Waals surface area (Å²) in [5, 5.41) is 6.19. The van der Waals surface area contributed by atoms with Crippen LogP contribution in [-0.4, -0.2) is 38.3 Å². The molecule has 2 N–H and O–H groups in total. The maximum atomic E-state index is 10.9. The molecule has 0 aromatic heterocycles. The molecule has 1 heterocycles. The molecule has 4 nitrogen and oxygen atoms in total. The van der Waals surface area contributed by atoms with Gasteiger partial charge in [0.15, 0.2) is 0 Å². The summed E-state index contributed by atoms with van der Waals surface area (Å²) in [4.78, 5) is 10.9. The van der Waals surface area contributed by atoms with Crippen LogP contribution in [0.2, 0.25) is 0 Å². The molecule has 1 rings (SSSR count). The van der Waals surface area contributed by atoms with E-state index < -0.39 is 0 Å². The lowest BCUT2D eigenvalue weighted by Gasteiger charge is -2.19. The zero-order chi connectivity index (χ0) is 9.68. The minimum atomic E-state index is 0.143. The third-order valence-electron chi connectivity index (χ3n) is 2.31. The van der Waals surface area contributed by atoms with Crippen molar-refractivity contribution < 1.29 is 9.53 Å². The van der Waals surface area contributed by atoms with E-state index in [4.69, 9.17) is 4.74 Å². The number of carbonyl (C=O) groups excluding carboxylic acids is 1. The van der Waals surface area contributed by atoms with Crippen LogP contribution in [0, 0.1) is 0 Å². The Hall–Kier alpha value is -0.610. The number of carbonyl (C=O) groups is 1. The van der Waals surface area contributed by atoms with Crippen LogP contribution in [-0.2, 0) is 9.53 Å². The monoisotopic (exact) mass is 186 g/mol. The van der Waals surface area contributed by atoms with E-state index in [0.29, 0.717) is 19.1 Å². The second-order valence-electron chi connectivity index (χ2n) is 3.43.